The zero-order chi connectivity index (χ0) is 15.3. The normalized spacial score (nSPS) is 10.8. The summed E-state index contributed by atoms with van der Waals surface area (Å²) in [6.45, 7) is 9.36. The van der Waals surface area contributed by atoms with Crippen molar-refractivity contribution < 1.29 is 14.7 Å². The standard InChI is InChI=1S/C14H23N3O3/c1-5-16(7-6-13(18)19)14(20)12-8-15-17(11(12)4)9-10(2)3/h8,10H,5-7,9H2,1-4H3,(H,18,19). The largest absolute Gasteiger partial charge is 0.481 e. The molecule has 112 valence electrons. The van der Waals surface area contributed by atoms with Crippen LogP contribution in [0.3, 0.4) is 0 Å². The summed E-state index contributed by atoms with van der Waals surface area (Å²) in [5.74, 6) is -0.601. The van der Waals surface area contributed by atoms with Crippen LogP contribution in [0.15, 0.2) is 6.20 Å². The van der Waals surface area contributed by atoms with Crippen LogP contribution in [0, 0.1) is 12.8 Å². The van der Waals surface area contributed by atoms with E-state index < -0.39 is 5.97 Å². The van der Waals surface area contributed by atoms with Gasteiger partial charge in [0, 0.05) is 25.3 Å². The molecule has 0 unspecified atom stereocenters. The number of aromatic nitrogens is 2. The zero-order valence-electron chi connectivity index (χ0n) is 12.6. The minimum absolute atomic E-state index is 0.0429. The second-order valence-corrected chi connectivity index (χ2v) is 5.25. The van der Waals surface area contributed by atoms with E-state index in [-0.39, 0.29) is 18.9 Å². The SMILES string of the molecule is CCN(CCC(=O)O)C(=O)c1cnn(CC(C)C)c1C. The number of carboxylic acids is 1. The Morgan fingerprint density at radius 1 is 1.45 bits per heavy atom. The van der Waals surface area contributed by atoms with Crippen molar-refractivity contribution in [2.24, 2.45) is 5.92 Å². The van der Waals surface area contributed by atoms with Gasteiger partial charge in [-0.3, -0.25) is 14.3 Å². The Balaban J connectivity index is 2.84. The average Bonchev–Trinajstić information content (AvgIpc) is 2.70. The Kier molecular flexibility index (Phi) is 5.73. The maximum atomic E-state index is 12.4. The van der Waals surface area contributed by atoms with Gasteiger partial charge in [-0.05, 0) is 19.8 Å². The number of amides is 1. The van der Waals surface area contributed by atoms with Crippen LogP contribution in [0.5, 0.6) is 0 Å². The first kappa shape index (κ1) is 16.2. The molecule has 20 heavy (non-hydrogen) atoms. The van der Waals surface area contributed by atoms with Crippen molar-refractivity contribution in [1.82, 2.24) is 14.7 Å². The smallest absolute Gasteiger partial charge is 0.305 e. The molecular formula is C14H23N3O3. The summed E-state index contributed by atoms with van der Waals surface area (Å²) < 4.78 is 1.82. The van der Waals surface area contributed by atoms with Crippen molar-refractivity contribution in [1.29, 1.82) is 0 Å². The highest BCUT2D eigenvalue weighted by Gasteiger charge is 2.20. The highest BCUT2D eigenvalue weighted by atomic mass is 16.4. The number of hydrogen-bond acceptors (Lipinski definition) is 3. The van der Waals surface area contributed by atoms with Gasteiger partial charge < -0.3 is 10.0 Å². The van der Waals surface area contributed by atoms with E-state index in [1.165, 1.54) is 4.90 Å². The van der Waals surface area contributed by atoms with Crippen LogP contribution in [0.2, 0.25) is 0 Å². The fourth-order valence-electron chi connectivity index (χ4n) is 1.99. The molecule has 0 bridgehead atoms. The second-order valence-electron chi connectivity index (χ2n) is 5.25. The van der Waals surface area contributed by atoms with Crippen molar-refractivity contribution in [3.63, 3.8) is 0 Å². The molecule has 6 nitrogen and oxygen atoms in total. The number of rotatable bonds is 7. The Labute approximate surface area is 119 Å². The second kappa shape index (κ2) is 7.07. The molecule has 1 aromatic heterocycles. The van der Waals surface area contributed by atoms with E-state index in [1.54, 1.807) is 6.20 Å². The summed E-state index contributed by atoms with van der Waals surface area (Å²) in [6, 6.07) is 0. The summed E-state index contributed by atoms with van der Waals surface area (Å²) in [5.41, 5.74) is 1.38. The lowest BCUT2D eigenvalue weighted by atomic mass is 10.2. The van der Waals surface area contributed by atoms with Gasteiger partial charge in [-0.25, -0.2) is 0 Å². The lowest BCUT2D eigenvalue weighted by molar-refractivity contribution is -0.137. The van der Waals surface area contributed by atoms with Crippen LogP contribution >= 0.6 is 0 Å². The molecule has 0 saturated heterocycles. The third kappa shape index (κ3) is 4.08. The number of hydrogen-bond donors (Lipinski definition) is 1. The van der Waals surface area contributed by atoms with Gasteiger partial charge in [-0.2, -0.15) is 5.10 Å². The topological polar surface area (TPSA) is 75.4 Å². The molecule has 0 radical (unpaired) electrons. The third-order valence-electron chi connectivity index (χ3n) is 3.14. The lowest BCUT2D eigenvalue weighted by Gasteiger charge is -2.19. The van der Waals surface area contributed by atoms with Crippen molar-refractivity contribution >= 4 is 11.9 Å². The van der Waals surface area contributed by atoms with E-state index in [4.69, 9.17) is 5.11 Å². The van der Waals surface area contributed by atoms with Crippen LogP contribution in [0.25, 0.3) is 0 Å². The molecule has 0 aliphatic heterocycles. The monoisotopic (exact) mass is 281 g/mol. The Hall–Kier alpha value is -1.85. The first-order valence-electron chi connectivity index (χ1n) is 6.90. The van der Waals surface area contributed by atoms with E-state index in [9.17, 15) is 9.59 Å². The molecular weight excluding hydrogens is 258 g/mol. The number of carboxylic acid groups (broad SMARTS) is 1. The molecule has 0 fully saturated rings. The Morgan fingerprint density at radius 2 is 2.10 bits per heavy atom. The number of nitrogens with zero attached hydrogens (tertiary/aromatic N) is 3. The summed E-state index contributed by atoms with van der Waals surface area (Å²) in [5, 5.41) is 13.0. The third-order valence-corrected chi connectivity index (χ3v) is 3.14. The van der Waals surface area contributed by atoms with Gasteiger partial charge in [0.15, 0.2) is 0 Å². The van der Waals surface area contributed by atoms with E-state index in [2.05, 4.69) is 18.9 Å². The molecule has 1 rings (SSSR count). The predicted octanol–water partition coefficient (Wildman–Crippen LogP) is 1.78. The molecule has 1 heterocycles. The maximum absolute atomic E-state index is 12.4. The minimum Gasteiger partial charge on any atom is -0.481 e. The molecule has 0 aliphatic carbocycles. The van der Waals surface area contributed by atoms with Gasteiger partial charge in [-0.15, -0.1) is 0 Å². The summed E-state index contributed by atoms with van der Waals surface area (Å²) in [6.07, 6.45) is 1.53. The molecule has 0 saturated carbocycles. The molecule has 1 amide bonds. The highest BCUT2D eigenvalue weighted by Crippen LogP contribution is 2.12. The van der Waals surface area contributed by atoms with Crippen LogP contribution in [0.1, 0.15) is 43.2 Å². The summed E-state index contributed by atoms with van der Waals surface area (Å²) in [4.78, 5) is 24.5. The molecule has 1 aromatic rings. The zero-order valence-corrected chi connectivity index (χ0v) is 12.6. The van der Waals surface area contributed by atoms with Gasteiger partial charge in [0.1, 0.15) is 0 Å². The van der Waals surface area contributed by atoms with Crippen LogP contribution in [0.4, 0.5) is 0 Å². The maximum Gasteiger partial charge on any atom is 0.305 e. The van der Waals surface area contributed by atoms with Crippen molar-refractivity contribution in [3.8, 4) is 0 Å². The van der Waals surface area contributed by atoms with Crippen molar-refractivity contribution in [2.75, 3.05) is 13.1 Å². The van der Waals surface area contributed by atoms with E-state index >= 15 is 0 Å². The number of aliphatic carboxylic acids is 1. The molecule has 6 heteroatoms. The molecule has 0 spiro atoms. The molecule has 0 atom stereocenters. The lowest BCUT2D eigenvalue weighted by Crippen LogP contribution is -2.33. The number of carbonyl (C=O) groups is 2. The van der Waals surface area contributed by atoms with Crippen molar-refractivity contribution in [2.45, 2.75) is 40.7 Å². The number of carbonyl (C=O) groups excluding carboxylic acids is 1. The van der Waals surface area contributed by atoms with Crippen LogP contribution < -0.4 is 0 Å². The van der Waals surface area contributed by atoms with Gasteiger partial charge in [0.2, 0.25) is 0 Å². The van der Waals surface area contributed by atoms with Crippen LogP contribution in [-0.2, 0) is 11.3 Å². The highest BCUT2D eigenvalue weighted by molar-refractivity contribution is 5.95. The first-order valence-corrected chi connectivity index (χ1v) is 6.90. The fraction of sp³-hybridized carbons (Fsp3) is 0.643. The first-order chi connectivity index (χ1) is 9.36. The molecule has 0 aliphatic rings. The Bertz CT molecular complexity index is 480. The van der Waals surface area contributed by atoms with E-state index in [0.29, 0.717) is 18.0 Å². The van der Waals surface area contributed by atoms with Gasteiger partial charge in [0.05, 0.1) is 18.2 Å². The summed E-state index contributed by atoms with van der Waals surface area (Å²) in [7, 11) is 0. The van der Waals surface area contributed by atoms with Crippen LogP contribution in [-0.4, -0.2) is 44.8 Å². The summed E-state index contributed by atoms with van der Waals surface area (Å²) >= 11 is 0. The van der Waals surface area contributed by atoms with E-state index in [1.807, 2.05) is 18.5 Å². The minimum atomic E-state index is -0.900. The van der Waals surface area contributed by atoms with Gasteiger partial charge in [0.25, 0.3) is 5.91 Å². The quantitative estimate of drug-likeness (QED) is 0.826. The Morgan fingerprint density at radius 3 is 2.60 bits per heavy atom. The van der Waals surface area contributed by atoms with Crippen molar-refractivity contribution in [3.05, 3.63) is 17.5 Å². The average molecular weight is 281 g/mol. The molecule has 1 N–H and O–H groups in total. The van der Waals surface area contributed by atoms with E-state index in [0.717, 1.165) is 12.2 Å². The molecule has 0 aromatic carbocycles. The van der Waals surface area contributed by atoms with Gasteiger partial charge in [-0.1, -0.05) is 13.8 Å². The van der Waals surface area contributed by atoms with Gasteiger partial charge >= 0.3 is 5.97 Å². The fourth-order valence-corrected chi connectivity index (χ4v) is 1.99. The predicted molar refractivity (Wildman–Crippen MR) is 75.6 cm³/mol.